The van der Waals surface area contributed by atoms with E-state index in [4.69, 9.17) is 16.3 Å². The van der Waals surface area contributed by atoms with Crippen LogP contribution in [-0.4, -0.2) is 16.9 Å². The van der Waals surface area contributed by atoms with Gasteiger partial charge in [0, 0.05) is 18.7 Å². The fourth-order valence-corrected chi connectivity index (χ4v) is 1.18. The van der Waals surface area contributed by atoms with E-state index in [0.29, 0.717) is 17.2 Å². The zero-order chi connectivity index (χ0) is 10.6. The van der Waals surface area contributed by atoms with Crippen LogP contribution in [0.15, 0.2) is 18.5 Å². The van der Waals surface area contributed by atoms with Crippen LogP contribution in [0.1, 0.15) is 20.3 Å². The summed E-state index contributed by atoms with van der Waals surface area (Å²) >= 11 is 5.71. The van der Waals surface area contributed by atoms with Gasteiger partial charge in [-0.05, 0) is 6.92 Å². The van der Waals surface area contributed by atoms with Gasteiger partial charge in [-0.2, -0.15) is 0 Å². The average Bonchev–Trinajstić information content (AvgIpc) is 2.16. The number of pyridine rings is 1. The summed E-state index contributed by atoms with van der Waals surface area (Å²) in [6.07, 6.45) is 3.07. The van der Waals surface area contributed by atoms with Gasteiger partial charge in [-0.25, -0.2) is 0 Å². The highest BCUT2D eigenvalue weighted by Gasteiger charge is 2.12. The van der Waals surface area contributed by atoms with E-state index in [1.54, 1.807) is 19.9 Å². The average molecular weight is 214 g/mol. The predicted molar refractivity (Wildman–Crippen MR) is 54.6 cm³/mol. The highest BCUT2D eigenvalue weighted by molar-refractivity contribution is 6.30. The molecule has 0 N–H and O–H groups in total. The lowest BCUT2D eigenvalue weighted by Gasteiger charge is -2.12. The number of halogens is 1. The van der Waals surface area contributed by atoms with E-state index in [1.165, 1.54) is 12.4 Å². The molecule has 14 heavy (non-hydrogen) atoms. The number of ketones is 1. The lowest BCUT2D eigenvalue weighted by atomic mass is 10.2. The number of rotatable bonds is 4. The van der Waals surface area contributed by atoms with Crippen LogP contribution >= 0.6 is 11.6 Å². The second kappa shape index (κ2) is 4.96. The number of carbonyl (C=O) groups is 1. The maximum atomic E-state index is 11.2. The first-order valence-electron chi connectivity index (χ1n) is 4.43. The maximum absolute atomic E-state index is 11.2. The van der Waals surface area contributed by atoms with Gasteiger partial charge in [0.05, 0.1) is 11.2 Å². The van der Waals surface area contributed by atoms with Crippen molar-refractivity contribution in [1.82, 2.24) is 4.98 Å². The zero-order valence-electron chi connectivity index (χ0n) is 8.16. The summed E-state index contributed by atoms with van der Waals surface area (Å²) in [6, 6.07) is 1.63. The molecule has 0 amide bonds. The Morgan fingerprint density at radius 3 is 2.93 bits per heavy atom. The molecule has 0 aliphatic heterocycles. The predicted octanol–water partition coefficient (Wildman–Crippen LogP) is 2.48. The molecule has 1 unspecified atom stereocenters. The van der Waals surface area contributed by atoms with Crippen LogP contribution < -0.4 is 4.74 Å². The van der Waals surface area contributed by atoms with Gasteiger partial charge >= 0.3 is 0 Å². The first-order chi connectivity index (χ1) is 6.63. The van der Waals surface area contributed by atoms with Gasteiger partial charge in [-0.1, -0.05) is 18.5 Å². The van der Waals surface area contributed by atoms with Crippen molar-refractivity contribution in [2.24, 2.45) is 0 Å². The van der Waals surface area contributed by atoms with Crippen molar-refractivity contribution in [3.05, 3.63) is 23.5 Å². The molecule has 1 aromatic heterocycles. The summed E-state index contributed by atoms with van der Waals surface area (Å²) < 4.78 is 5.35. The Labute approximate surface area is 88.1 Å². The third-order valence-electron chi connectivity index (χ3n) is 1.79. The van der Waals surface area contributed by atoms with Crippen LogP contribution in [0.3, 0.4) is 0 Å². The maximum Gasteiger partial charge on any atom is 0.172 e. The molecule has 0 saturated heterocycles. The summed E-state index contributed by atoms with van der Waals surface area (Å²) in [5.41, 5.74) is 0. The van der Waals surface area contributed by atoms with Crippen LogP contribution in [-0.2, 0) is 4.79 Å². The van der Waals surface area contributed by atoms with Crippen molar-refractivity contribution in [2.45, 2.75) is 26.4 Å². The number of hydrogen-bond acceptors (Lipinski definition) is 3. The Hall–Kier alpha value is -1.09. The van der Waals surface area contributed by atoms with Crippen molar-refractivity contribution in [3.63, 3.8) is 0 Å². The molecular formula is C10H12ClNO2. The molecule has 1 atom stereocenters. The third kappa shape index (κ3) is 3.00. The minimum atomic E-state index is -0.444. The fraction of sp³-hybridized carbons (Fsp3) is 0.400. The number of Topliss-reactive ketones (excluding diaryl/α,β-unsaturated/α-hetero) is 1. The van der Waals surface area contributed by atoms with Crippen molar-refractivity contribution in [2.75, 3.05) is 0 Å². The topological polar surface area (TPSA) is 39.2 Å². The van der Waals surface area contributed by atoms with E-state index in [0.717, 1.165) is 0 Å². The number of ether oxygens (including phenoxy) is 1. The quantitative estimate of drug-likeness (QED) is 0.772. The number of hydrogen-bond donors (Lipinski definition) is 0. The number of aromatic nitrogens is 1. The second-order valence-corrected chi connectivity index (χ2v) is 3.36. The Morgan fingerprint density at radius 1 is 1.64 bits per heavy atom. The van der Waals surface area contributed by atoms with Crippen LogP contribution in [0.5, 0.6) is 5.75 Å². The molecular weight excluding hydrogens is 202 g/mol. The monoisotopic (exact) mass is 213 g/mol. The van der Waals surface area contributed by atoms with E-state index in [-0.39, 0.29) is 5.78 Å². The van der Waals surface area contributed by atoms with Crippen LogP contribution in [0.25, 0.3) is 0 Å². The molecule has 0 radical (unpaired) electrons. The SMILES string of the molecule is CCC(=O)C(C)Oc1cncc(Cl)c1. The van der Waals surface area contributed by atoms with Gasteiger partial charge in [0.15, 0.2) is 11.9 Å². The molecule has 0 fully saturated rings. The summed E-state index contributed by atoms with van der Waals surface area (Å²) in [5.74, 6) is 0.580. The molecule has 1 rings (SSSR count). The van der Waals surface area contributed by atoms with Gasteiger partial charge in [-0.3, -0.25) is 9.78 Å². The van der Waals surface area contributed by atoms with Gasteiger partial charge in [0.25, 0.3) is 0 Å². The van der Waals surface area contributed by atoms with Crippen molar-refractivity contribution < 1.29 is 9.53 Å². The molecule has 3 nitrogen and oxygen atoms in total. The molecule has 76 valence electrons. The zero-order valence-corrected chi connectivity index (χ0v) is 8.91. The number of nitrogens with zero attached hydrogens (tertiary/aromatic N) is 1. The molecule has 1 heterocycles. The largest absolute Gasteiger partial charge is 0.481 e. The standard InChI is InChI=1S/C10H12ClNO2/c1-3-10(13)7(2)14-9-4-8(11)5-12-6-9/h4-7H,3H2,1-2H3. The van der Waals surface area contributed by atoms with Gasteiger partial charge < -0.3 is 4.74 Å². The van der Waals surface area contributed by atoms with Gasteiger partial charge in [0.1, 0.15) is 5.75 Å². The molecule has 0 aliphatic carbocycles. The highest BCUT2D eigenvalue weighted by atomic mass is 35.5. The first kappa shape index (κ1) is 11.0. The Kier molecular flexibility index (Phi) is 3.89. The van der Waals surface area contributed by atoms with Gasteiger partial charge in [0.2, 0.25) is 0 Å². The van der Waals surface area contributed by atoms with E-state index in [2.05, 4.69) is 4.98 Å². The molecule has 0 spiro atoms. The van der Waals surface area contributed by atoms with E-state index in [9.17, 15) is 4.79 Å². The smallest absolute Gasteiger partial charge is 0.172 e. The Morgan fingerprint density at radius 2 is 2.36 bits per heavy atom. The summed E-state index contributed by atoms with van der Waals surface area (Å²) in [6.45, 7) is 3.52. The summed E-state index contributed by atoms with van der Waals surface area (Å²) in [5, 5.41) is 0.499. The van der Waals surface area contributed by atoms with Crippen molar-refractivity contribution in [1.29, 1.82) is 0 Å². The molecule has 0 bridgehead atoms. The Bertz CT molecular complexity index is 328. The molecule has 0 aromatic carbocycles. The lowest BCUT2D eigenvalue weighted by Crippen LogP contribution is -2.22. The molecule has 1 aromatic rings. The lowest BCUT2D eigenvalue weighted by molar-refractivity contribution is -0.124. The highest BCUT2D eigenvalue weighted by Crippen LogP contribution is 2.16. The third-order valence-corrected chi connectivity index (χ3v) is 2.00. The molecule has 4 heteroatoms. The van der Waals surface area contributed by atoms with Gasteiger partial charge in [-0.15, -0.1) is 0 Å². The minimum absolute atomic E-state index is 0.0602. The van der Waals surface area contributed by atoms with Crippen LogP contribution in [0.2, 0.25) is 5.02 Å². The minimum Gasteiger partial charge on any atom is -0.481 e. The van der Waals surface area contributed by atoms with Crippen LogP contribution in [0, 0.1) is 0 Å². The fourth-order valence-electron chi connectivity index (χ4n) is 1.01. The van der Waals surface area contributed by atoms with E-state index in [1.807, 2.05) is 0 Å². The summed E-state index contributed by atoms with van der Waals surface area (Å²) in [4.78, 5) is 15.1. The molecule has 0 aliphatic rings. The second-order valence-electron chi connectivity index (χ2n) is 2.92. The normalized spacial score (nSPS) is 12.2. The van der Waals surface area contributed by atoms with Crippen molar-refractivity contribution >= 4 is 17.4 Å². The van der Waals surface area contributed by atoms with E-state index < -0.39 is 6.10 Å². The van der Waals surface area contributed by atoms with Crippen molar-refractivity contribution in [3.8, 4) is 5.75 Å². The first-order valence-corrected chi connectivity index (χ1v) is 4.81. The molecule has 0 saturated carbocycles. The number of carbonyl (C=O) groups excluding carboxylic acids is 1. The van der Waals surface area contributed by atoms with Crippen LogP contribution in [0.4, 0.5) is 0 Å². The Balaban J connectivity index is 2.64. The summed E-state index contributed by atoms with van der Waals surface area (Å²) in [7, 11) is 0. The van der Waals surface area contributed by atoms with E-state index >= 15 is 0 Å².